The fraction of sp³-hybridized carbons (Fsp3) is 0.312. The van der Waals surface area contributed by atoms with Gasteiger partial charge in [-0.1, -0.05) is 31.5 Å². The highest BCUT2D eigenvalue weighted by Crippen LogP contribution is 2.20. The van der Waals surface area contributed by atoms with Gasteiger partial charge in [-0.2, -0.15) is 0 Å². The van der Waals surface area contributed by atoms with Gasteiger partial charge in [0.2, 0.25) is 5.88 Å². The second kappa shape index (κ2) is 6.34. The van der Waals surface area contributed by atoms with Gasteiger partial charge in [0, 0.05) is 24.8 Å². The maximum Gasteiger partial charge on any atom is 0.219 e. The average molecular weight is 256 g/mol. The van der Waals surface area contributed by atoms with E-state index in [9.17, 15) is 0 Å². The van der Waals surface area contributed by atoms with Crippen LogP contribution in [0.4, 0.5) is 0 Å². The van der Waals surface area contributed by atoms with E-state index in [4.69, 9.17) is 4.74 Å². The molecule has 0 atom stereocenters. The topological polar surface area (TPSA) is 34.1 Å². The van der Waals surface area contributed by atoms with Gasteiger partial charge < -0.3 is 10.1 Å². The Morgan fingerprint density at radius 1 is 1.16 bits per heavy atom. The molecule has 1 heterocycles. The molecule has 100 valence electrons. The summed E-state index contributed by atoms with van der Waals surface area (Å²) in [6, 6.07) is 12.4. The van der Waals surface area contributed by atoms with Crippen molar-refractivity contribution in [3.63, 3.8) is 0 Å². The normalized spacial score (nSPS) is 10.7. The van der Waals surface area contributed by atoms with E-state index in [1.807, 2.05) is 36.4 Å². The van der Waals surface area contributed by atoms with Crippen LogP contribution < -0.4 is 10.1 Å². The number of aryl methyl sites for hydroxylation is 1. The molecule has 1 N–H and O–H groups in total. The minimum Gasteiger partial charge on any atom is -0.439 e. The van der Waals surface area contributed by atoms with Crippen LogP contribution >= 0.6 is 0 Å². The summed E-state index contributed by atoms with van der Waals surface area (Å²) >= 11 is 0. The van der Waals surface area contributed by atoms with Gasteiger partial charge in [0.1, 0.15) is 5.75 Å². The zero-order valence-corrected chi connectivity index (χ0v) is 11.7. The smallest absolute Gasteiger partial charge is 0.219 e. The molecule has 0 bridgehead atoms. The Balaban J connectivity index is 2.04. The number of rotatable bonds is 5. The van der Waals surface area contributed by atoms with Crippen molar-refractivity contribution in [1.82, 2.24) is 10.3 Å². The second-order valence-electron chi connectivity index (χ2n) is 4.95. The number of ether oxygens (including phenoxy) is 1. The van der Waals surface area contributed by atoms with Crippen LogP contribution in [-0.2, 0) is 6.54 Å². The highest BCUT2D eigenvalue weighted by atomic mass is 16.5. The summed E-state index contributed by atoms with van der Waals surface area (Å²) in [5, 5.41) is 3.38. The maximum atomic E-state index is 5.74. The molecule has 0 amide bonds. The van der Waals surface area contributed by atoms with Crippen molar-refractivity contribution in [1.29, 1.82) is 0 Å². The molecule has 0 unspecified atom stereocenters. The fourth-order valence-electron chi connectivity index (χ4n) is 1.67. The van der Waals surface area contributed by atoms with Crippen LogP contribution in [0.5, 0.6) is 11.6 Å². The van der Waals surface area contributed by atoms with Crippen LogP contribution in [-0.4, -0.2) is 11.0 Å². The lowest BCUT2D eigenvalue weighted by Gasteiger charge is -2.09. The van der Waals surface area contributed by atoms with E-state index in [1.165, 1.54) is 11.1 Å². The van der Waals surface area contributed by atoms with Gasteiger partial charge >= 0.3 is 0 Å². The Bertz CT molecular complexity index is 521. The van der Waals surface area contributed by atoms with E-state index in [-0.39, 0.29) is 0 Å². The molecule has 0 aliphatic rings. The molecule has 0 saturated heterocycles. The monoisotopic (exact) mass is 256 g/mol. The number of pyridine rings is 1. The van der Waals surface area contributed by atoms with Crippen molar-refractivity contribution < 1.29 is 4.74 Å². The van der Waals surface area contributed by atoms with E-state index in [0.29, 0.717) is 11.9 Å². The summed E-state index contributed by atoms with van der Waals surface area (Å²) in [7, 11) is 0. The molecule has 1 aromatic carbocycles. The summed E-state index contributed by atoms with van der Waals surface area (Å²) in [6.45, 7) is 7.14. The van der Waals surface area contributed by atoms with Crippen LogP contribution in [0.1, 0.15) is 25.0 Å². The number of aromatic nitrogens is 1. The molecule has 0 aliphatic carbocycles. The van der Waals surface area contributed by atoms with Gasteiger partial charge in [-0.25, -0.2) is 4.98 Å². The molecule has 0 saturated carbocycles. The molecule has 3 heteroatoms. The van der Waals surface area contributed by atoms with E-state index < -0.39 is 0 Å². The molecule has 1 aromatic heterocycles. The van der Waals surface area contributed by atoms with Crippen LogP contribution in [0.25, 0.3) is 0 Å². The van der Waals surface area contributed by atoms with Crippen molar-refractivity contribution in [2.24, 2.45) is 0 Å². The molecule has 19 heavy (non-hydrogen) atoms. The summed E-state index contributed by atoms with van der Waals surface area (Å²) in [4.78, 5) is 4.23. The SMILES string of the molecule is Cc1ccc(Oc2cc(CNC(C)C)ccn2)cc1. The third-order valence-electron chi connectivity index (χ3n) is 2.76. The number of nitrogens with one attached hydrogen (secondary N) is 1. The minimum atomic E-state index is 0.467. The van der Waals surface area contributed by atoms with Crippen LogP contribution in [0.2, 0.25) is 0 Å². The van der Waals surface area contributed by atoms with E-state index >= 15 is 0 Å². The van der Waals surface area contributed by atoms with Gasteiger partial charge in [-0.05, 0) is 30.7 Å². The van der Waals surface area contributed by atoms with Crippen molar-refractivity contribution in [2.75, 3.05) is 0 Å². The Kier molecular flexibility index (Phi) is 4.53. The van der Waals surface area contributed by atoms with Crippen LogP contribution in [0, 0.1) is 6.92 Å². The van der Waals surface area contributed by atoms with Gasteiger partial charge in [0.25, 0.3) is 0 Å². The summed E-state index contributed by atoms with van der Waals surface area (Å²) in [5.41, 5.74) is 2.39. The van der Waals surface area contributed by atoms with Gasteiger partial charge in [0.15, 0.2) is 0 Å². The van der Waals surface area contributed by atoms with Crippen molar-refractivity contribution in [3.05, 3.63) is 53.7 Å². The lowest BCUT2D eigenvalue weighted by atomic mass is 10.2. The summed E-state index contributed by atoms with van der Waals surface area (Å²) in [6.07, 6.45) is 1.78. The molecule has 2 rings (SSSR count). The molecule has 2 aromatic rings. The zero-order chi connectivity index (χ0) is 13.7. The van der Waals surface area contributed by atoms with Gasteiger partial charge in [0.05, 0.1) is 0 Å². The first kappa shape index (κ1) is 13.6. The first-order chi connectivity index (χ1) is 9.13. The molecule has 0 aliphatic heterocycles. The summed E-state index contributed by atoms with van der Waals surface area (Å²) < 4.78 is 5.74. The van der Waals surface area contributed by atoms with Crippen molar-refractivity contribution >= 4 is 0 Å². The Hall–Kier alpha value is -1.87. The van der Waals surface area contributed by atoms with E-state index in [1.54, 1.807) is 6.20 Å². The summed E-state index contributed by atoms with van der Waals surface area (Å²) in [5.74, 6) is 1.44. The molecular formula is C16H20N2O. The van der Waals surface area contributed by atoms with Gasteiger partial charge in [-0.15, -0.1) is 0 Å². The third kappa shape index (κ3) is 4.38. The highest BCUT2D eigenvalue weighted by molar-refractivity contribution is 5.31. The number of nitrogens with zero attached hydrogens (tertiary/aromatic N) is 1. The largest absolute Gasteiger partial charge is 0.439 e. The highest BCUT2D eigenvalue weighted by Gasteiger charge is 2.01. The van der Waals surface area contributed by atoms with Crippen molar-refractivity contribution in [2.45, 2.75) is 33.4 Å². The lowest BCUT2D eigenvalue weighted by Crippen LogP contribution is -2.21. The third-order valence-corrected chi connectivity index (χ3v) is 2.76. The van der Waals surface area contributed by atoms with Crippen LogP contribution in [0.15, 0.2) is 42.6 Å². The Morgan fingerprint density at radius 3 is 2.58 bits per heavy atom. The van der Waals surface area contributed by atoms with E-state index in [2.05, 4.69) is 31.1 Å². The van der Waals surface area contributed by atoms with Crippen molar-refractivity contribution in [3.8, 4) is 11.6 Å². The first-order valence-electron chi connectivity index (χ1n) is 6.56. The molecule has 0 radical (unpaired) electrons. The molecular weight excluding hydrogens is 236 g/mol. The number of hydrogen-bond donors (Lipinski definition) is 1. The molecule has 3 nitrogen and oxygen atoms in total. The van der Waals surface area contributed by atoms with Crippen LogP contribution in [0.3, 0.4) is 0 Å². The second-order valence-corrected chi connectivity index (χ2v) is 4.95. The quantitative estimate of drug-likeness (QED) is 0.886. The van der Waals surface area contributed by atoms with E-state index in [0.717, 1.165) is 12.3 Å². The van der Waals surface area contributed by atoms with Gasteiger partial charge in [-0.3, -0.25) is 0 Å². The molecule has 0 spiro atoms. The predicted molar refractivity (Wildman–Crippen MR) is 77.5 cm³/mol. The first-order valence-corrected chi connectivity index (χ1v) is 6.56. The predicted octanol–water partition coefficient (Wildman–Crippen LogP) is 3.68. The minimum absolute atomic E-state index is 0.467. The maximum absolute atomic E-state index is 5.74. The number of benzene rings is 1. The number of hydrogen-bond acceptors (Lipinski definition) is 3. The standard InChI is InChI=1S/C16H20N2O/c1-12(2)18-11-14-8-9-17-16(10-14)19-15-6-4-13(3)5-7-15/h4-10,12,18H,11H2,1-3H3. The zero-order valence-electron chi connectivity index (χ0n) is 11.7. The molecule has 0 fully saturated rings. The Labute approximate surface area is 114 Å². The lowest BCUT2D eigenvalue weighted by molar-refractivity contribution is 0.461. The fourth-order valence-corrected chi connectivity index (χ4v) is 1.67. The Morgan fingerprint density at radius 2 is 1.89 bits per heavy atom. The average Bonchev–Trinajstić information content (AvgIpc) is 2.40.